The van der Waals surface area contributed by atoms with Crippen molar-refractivity contribution in [3.05, 3.63) is 86.5 Å². The molecule has 0 saturated heterocycles. The highest BCUT2D eigenvalue weighted by molar-refractivity contribution is 9.10. The third-order valence-corrected chi connectivity index (χ3v) is 7.60. The monoisotopic (exact) mass is 615 g/mol. The molecule has 0 bridgehead atoms. The van der Waals surface area contributed by atoms with E-state index in [9.17, 15) is 22.8 Å². The third-order valence-electron chi connectivity index (χ3n) is 6.91. The molecule has 1 N–H and O–H groups in total. The number of carbonyl (C=O) groups is 1. The fourth-order valence-electron chi connectivity index (χ4n) is 4.67. The van der Waals surface area contributed by atoms with Gasteiger partial charge in [0, 0.05) is 34.7 Å². The van der Waals surface area contributed by atoms with E-state index in [4.69, 9.17) is 4.98 Å². The Morgan fingerprint density at radius 1 is 1.25 bits per heavy atom. The summed E-state index contributed by atoms with van der Waals surface area (Å²) in [7, 11) is 1.84. The maximum atomic E-state index is 13.9. The molecule has 0 radical (unpaired) electrons. The molecule has 3 aromatic heterocycles. The highest BCUT2D eigenvalue weighted by Gasteiger charge is 2.36. The lowest BCUT2D eigenvalue weighted by Gasteiger charge is -2.34. The zero-order valence-electron chi connectivity index (χ0n) is 21.8. The molecule has 208 valence electrons. The summed E-state index contributed by atoms with van der Waals surface area (Å²) in [6, 6.07) is 6.16. The maximum absolute atomic E-state index is 13.9. The Labute approximate surface area is 235 Å². The first kappa shape index (κ1) is 27.6. The average Bonchev–Trinajstić information content (AvgIpc) is 3.28. The summed E-state index contributed by atoms with van der Waals surface area (Å²) in [6.07, 6.45) is -1.19. The Morgan fingerprint density at radius 2 is 2.00 bits per heavy atom. The number of rotatable bonds is 5. The minimum Gasteiger partial charge on any atom is -0.349 e. The number of aryl methyl sites for hydroxylation is 1. The number of carbonyl (C=O) groups excluding carboxylic acids is 1. The predicted octanol–water partition coefficient (Wildman–Crippen LogP) is 4.87. The zero-order valence-corrected chi connectivity index (χ0v) is 23.4. The van der Waals surface area contributed by atoms with Gasteiger partial charge in [-0.2, -0.15) is 13.2 Å². The minimum atomic E-state index is -4.63. The average molecular weight is 616 g/mol. The second-order valence-corrected chi connectivity index (χ2v) is 10.6. The van der Waals surface area contributed by atoms with Crippen molar-refractivity contribution in [2.45, 2.75) is 45.1 Å². The van der Waals surface area contributed by atoms with E-state index in [0.717, 1.165) is 11.6 Å². The van der Waals surface area contributed by atoms with E-state index in [2.05, 4.69) is 37.8 Å². The number of nitrogens with zero attached hydrogens (tertiary/aromatic N) is 6. The smallest absolute Gasteiger partial charge is 0.349 e. The molecule has 1 amide bonds. The number of amides is 1. The summed E-state index contributed by atoms with van der Waals surface area (Å²) >= 11 is 2.91. The third kappa shape index (κ3) is 4.89. The van der Waals surface area contributed by atoms with Crippen LogP contribution in [0.25, 0.3) is 17.0 Å². The van der Waals surface area contributed by atoms with Crippen molar-refractivity contribution in [1.82, 2.24) is 29.0 Å². The van der Waals surface area contributed by atoms with E-state index in [1.54, 1.807) is 25.4 Å². The van der Waals surface area contributed by atoms with Gasteiger partial charge in [0.25, 0.3) is 11.5 Å². The molecule has 2 atom stereocenters. The van der Waals surface area contributed by atoms with E-state index in [1.807, 2.05) is 24.6 Å². The first-order valence-corrected chi connectivity index (χ1v) is 13.2. The zero-order chi connectivity index (χ0) is 28.9. The van der Waals surface area contributed by atoms with Crippen LogP contribution in [0.4, 0.5) is 19.1 Å². The van der Waals surface area contributed by atoms with Gasteiger partial charge in [-0.25, -0.2) is 19.5 Å². The summed E-state index contributed by atoms with van der Waals surface area (Å²) in [4.78, 5) is 42.3. The van der Waals surface area contributed by atoms with Crippen LogP contribution in [0.3, 0.4) is 0 Å². The van der Waals surface area contributed by atoms with Crippen LogP contribution in [0.1, 0.15) is 41.0 Å². The van der Waals surface area contributed by atoms with Gasteiger partial charge in [-0.3, -0.25) is 9.59 Å². The largest absolute Gasteiger partial charge is 0.417 e. The van der Waals surface area contributed by atoms with Crippen LogP contribution in [0, 0.1) is 0 Å². The van der Waals surface area contributed by atoms with Crippen molar-refractivity contribution in [3.63, 3.8) is 0 Å². The molecule has 0 aliphatic carbocycles. The number of benzene rings is 1. The summed E-state index contributed by atoms with van der Waals surface area (Å²) in [5.74, 6) is -0.0618. The molecule has 40 heavy (non-hydrogen) atoms. The predicted molar refractivity (Wildman–Crippen MR) is 147 cm³/mol. The molecule has 5 rings (SSSR count). The van der Waals surface area contributed by atoms with E-state index in [0.29, 0.717) is 22.7 Å². The second kappa shape index (κ2) is 10.2. The Morgan fingerprint density at radius 3 is 2.70 bits per heavy atom. The number of imidazole rings is 1. The quantitative estimate of drug-likeness (QED) is 0.322. The molecule has 1 aliphatic heterocycles. The number of hydrogen-bond donors (Lipinski definition) is 1. The minimum absolute atomic E-state index is 0.0489. The van der Waals surface area contributed by atoms with E-state index >= 15 is 0 Å². The topological polar surface area (TPSA) is 97.9 Å². The van der Waals surface area contributed by atoms with Crippen LogP contribution >= 0.6 is 15.9 Å². The number of anilines is 1. The molecule has 1 aliphatic rings. The molecule has 0 saturated carbocycles. The van der Waals surface area contributed by atoms with E-state index in [-0.39, 0.29) is 40.6 Å². The number of aromatic nitrogens is 5. The van der Waals surface area contributed by atoms with Crippen LogP contribution in [0.5, 0.6) is 0 Å². The fraction of sp³-hybridized carbons (Fsp3) is 0.296. The van der Waals surface area contributed by atoms with Gasteiger partial charge < -0.3 is 14.8 Å². The van der Waals surface area contributed by atoms with Crippen molar-refractivity contribution < 1.29 is 18.0 Å². The van der Waals surface area contributed by atoms with Gasteiger partial charge in [-0.1, -0.05) is 22.0 Å². The molecule has 0 unspecified atom stereocenters. The van der Waals surface area contributed by atoms with Crippen LogP contribution in [0.15, 0.2) is 58.6 Å². The van der Waals surface area contributed by atoms with Gasteiger partial charge in [0.1, 0.15) is 5.82 Å². The highest BCUT2D eigenvalue weighted by Crippen LogP contribution is 2.36. The SMILES string of the molecule is C=C[C@H](C)Nc1nc2c(c(=O)n1-c1ccc3c(ncn3C)n1)C[C@@H](C)N(C(=O)c1ccc(Br)c(C(F)(F)F)c1)C2. The Bertz CT molecular complexity index is 1710. The fourth-order valence-corrected chi connectivity index (χ4v) is 5.14. The number of pyridine rings is 1. The number of alkyl halides is 3. The van der Waals surface area contributed by atoms with Crippen molar-refractivity contribution >= 4 is 38.9 Å². The van der Waals surface area contributed by atoms with Gasteiger partial charge in [0.05, 0.1) is 29.6 Å². The van der Waals surface area contributed by atoms with Crippen molar-refractivity contribution in [2.75, 3.05) is 5.32 Å². The number of fused-ring (bicyclic) bond motifs is 2. The van der Waals surface area contributed by atoms with Gasteiger partial charge >= 0.3 is 6.18 Å². The highest BCUT2D eigenvalue weighted by atomic mass is 79.9. The summed E-state index contributed by atoms with van der Waals surface area (Å²) in [6.45, 7) is 7.31. The van der Waals surface area contributed by atoms with Gasteiger partial charge in [0.2, 0.25) is 5.95 Å². The lowest BCUT2D eigenvalue weighted by Crippen LogP contribution is -2.46. The normalized spacial score (nSPS) is 16.1. The van der Waals surface area contributed by atoms with Crippen LogP contribution in [-0.2, 0) is 26.2 Å². The van der Waals surface area contributed by atoms with Crippen LogP contribution in [-0.4, -0.2) is 47.0 Å². The summed E-state index contributed by atoms with van der Waals surface area (Å²) in [5.41, 5.74) is 0.624. The Hall–Kier alpha value is -4.00. The van der Waals surface area contributed by atoms with Crippen molar-refractivity contribution in [3.8, 4) is 5.82 Å². The number of hydrogen-bond acceptors (Lipinski definition) is 6. The van der Waals surface area contributed by atoms with E-state index < -0.39 is 23.7 Å². The standard InChI is InChI=1S/C27H25BrF3N7O2/c1-5-14(2)33-26-34-20-12-37(24(39)16-6-7-19(28)18(11-16)27(29,30)31)15(3)10-17(20)25(40)38(26)22-9-8-21-23(35-22)32-13-36(21)4/h5-9,11,13-15H,1,10,12H2,2-4H3,(H,33,34)/t14-,15+/m0/s1. The summed E-state index contributed by atoms with van der Waals surface area (Å²) < 4.78 is 43.4. The van der Waals surface area contributed by atoms with Crippen molar-refractivity contribution in [2.24, 2.45) is 7.05 Å². The Balaban J connectivity index is 1.58. The molecule has 4 heterocycles. The van der Waals surface area contributed by atoms with Crippen LogP contribution in [0.2, 0.25) is 0 Å². The lowest BCUT2D eigenvalue weighted by molar-refractivity contribution is -0.138. The molecule has 0 fully saturated rings. The number of nitrogens with one attached hydrogen (secondary N) is 1. The molecule has 0 spiro atoms. The number of halogens is 4. The van der Waals surface area contributed by atoms with Crippen molar-refractivity contribution in [1.29, 1.82) is 0 Å². The molecular weight excluding hydrogens is 591 g/mol. The molecule has 13 heteroatoms. The van der Waals surface area contributed by atoms with E-state index in [1.165, 1.54) is 21.6 Å². The maximum Gasteiger partial charge on any atom is 0.417 e. The molecule has 4 aromatic rings. The van der Waals surface area contributed by atoms with Gasteiger partial charge in [-0.15, -0.1) is 6.58 Å². The van der Waals surface area contributed by atoms with Crippen LogP contribution < -0.4 is 10.9 Å². The first-order valence-electron chi connectivity index (χ1n) is 12.4. The Kier molecular flexibility index (Phi) is 7.02. The van der Waals surface area contributed by atoms with Gasteiger partial charge in [0.15, 0.2) is 5.65 Å². The summed E-state index contributed by atoms with van der Waals surface area (Å²) in [5, 5.41) is 3.15. The molecular formula is C27H25BrF3N7O2. The first-order chi connectivity index (χ1) is 18.9. The van der Waals surface area contributed by atoms with Gasteiger partial charge in [-0.05, 0) is 50.6 Å². The molecule has 1 aromatic carbocycles. The second-order valence-electron chi connectivity index (χ2n) is 9.72. The molecule has 9 nitrogen and oxygen atoms in total. The lowest BCUT2D eigenvalue weighted by atomic mass is 9.98.